The van der Waals surface area contributed by atoms with E-state index in [1.54, 1.807) is 0 Å². The van der Waals surface area contributed by atoms with Gasteiger partial charge in [-0.1, -0.05) is 13.8 Å². The molecule has 1 unspecified atom stereocenters. The van der Waals surface area contributed by atoms with Crippen molar-refractivity contribution in [3.63, 3.8) is 0 Å². The Labute approximate surface area is 107 Å². The second-order valence-corrected chi connectivity index (χ2v) is 6.31. The van der Waals surface area contributed by atoms with Gasteiger partial charge in [0, 0.05) is 19.6 Å². The maximum atomic E-state index is 3.62. The normalized spacial score (nSPS) is 29.8. The highest BCUT2D eigenvalue weighted by Gasteiger charge is 2.33. The molecule has 2 heteroatoms. The molecule has 1 saturated carbocycles. The summed E-state index contributed by atoms with van der Waals surface area (Å²) in [6, 6.07) is 0. The van der Waals surface area contributed by atoms with Crippen molar-refractivity contribution in [1.29, 1.82) is 0 Å². The Balaban J connectivity index is 1.87. The predicted molar refractivity (Wildman–Crippen MR) is 74.3 cm³/mol. The van der Waals surface area contributed by atoms with E-state index in [1.165, 1.54) is 71.2 Å². The minimum absolute atomic E-state index is 0.572. The first-order valence-electron chi connectivity index (χ1n) is 7.71. The van der Waals surface area contributed by atoms with Gasteiger partial charge >= 0.3 is 0 Å². The van der Waals surface area contributed by atoms with E-state index < -0.39 is 0 Å². The summed E-state index contributed by atoms with van der Waals surface area (Å²) in [6.45, 7) is 11.2. The van der Waals surface area contributed by atoms with Crippen LogP contribution < -0.4 is 5.32 Å². The summed E-state index contributed by atoms with van der Waals surface area (Å²) < 4.78 is 0. The van der Waals surface area contributed by atoms with Crippen LogP contribution in [0.5, 0.6) is 0 Å². The molecule has 0 aromatic rings. The van der Waals surface area contributed by atoms with Gasteiger partial charge in [0.05, 0.1) is 0 Å². The molecule has 1 aliphatic heterocycles. The highest BCUT2D eigenvalue weighted by molar-refractivity contribution is 4.88. The summed E-state index contributed by atoms with van der Waals surface area (Å²) in [5.74, 6) is 1.03. The van der Waals surface area contributed by atoms with Crippen LogP contribution >= 0.6 is 0 Å². The average Bonchev–Trinajstić information content (AvgIpc) is 3.14. The van der Waals surface area contributed by atoms with Gasteiger partial charge in [0.15, 0.2) is 0 Å². The molecule has 1 saturated heterocycles. The molecule has 1 N–H and O–H groups in total. The first kappa shape index (κ1) is 13.4. The van der Waals surface area contributed by atoms with Gasteiger partial charge in [0.1, 0.15) is 0 Å². The fourth-order valence-corrected chi connectivity index (χ4v) is 3.27. The van der Waals surface area contributed by atoms with Crippen LogP contribution in [0, 0.1) is 11.3 Å². The van der Waals surface area contributed by atoms with E-state index >= 15 is 0 Å². The van der Waals surface area contributed by atoms with Crippen molar-refractivity contribution in [3.8, 4) is 0 Å². The Morgan fingerprint density at radius 3 is 2.65 bits per heavy atom. The zero-order chi connectivity index (χ0) is 12.1. The molecule has 0 aromatic heterocycles. The Morgan fingerprint density at radius 2 is 2.12 bits per heavy atom. The van der Waals surface area contributed by atoms with Crippen LogP contribution in [0.4, 0.5) is 0 Å². The van der Waals surface area contributed by atoms with Crippen LogP contribution in [-0.2, 0) is 0 Å². The Kier molecular flexibility index (Phi) is 4.87. The summed E-state index contributed by atoms with van der Waals surface area (Å²) in [4.78, 5) is 2.76. The van der Waals surface area contributed by atoms with Crippen molar-refractivity contribution in [1.82, 2.24) is 10.2 Å². The minimum atomic E-state index is 0.572. The number of hydrogen-bond acceptors (Lipinski definition) is 2. The van der Waals surface area contributed by atoms with E-state index in [2.05, 4.69) is 24.1 Å². The van der Waals surface area contributed by atoms with Crippen molar-refractivity contribution < 1.29 is 0 Å². The SMILES string of the molecule is CCCN(CC1CC1)CC1(CC)CCCNC1. The lowest BCUT2D eigenvalue weighted by Crippen LogP contribution is -2.48. The fraction of sp³-hybridized carbons (Fsp3) is 1.00. The molecule has 2 fully saturated rings. The number of nitrogens with one attached hydrogen (secondary N) is 1. The molecular formula is C15H30N2. The average molecular weight is 238 g/mol. The summed E-state index contributed by atoms with van der Waals surface area (Å²) >= 11 is 0. The van der Waals surface area contributed by atoms with Crippen molar-refractivity contribution in [2.45, 2.75) is 52.4 Å². The fourth-order valence-electron chi connectivity index (χ4n) is 3.27. The van der Waals surface area contributed by atoms with Crippen LogP contribution in [-0.4, -0.2) is 37.6 Å². The predicted octanol–water partition coefficient (Wildman–Crippen LogP) is 2.89. The highest BCUT2D eigenvalue weighted by atomic mass is 15.1. The lowest BCUT2D eigenvalue weighted by atomic mass is 9.78. The van der Waals surface area contributed by atoms with Gasteiger partial charge in [0.2, 0.25) is 0 Å². The molecule has 0 spiro atoms. The molecule has 1 heterocycles. The maximum Gasteiger partial charge on any atom is 0.00502 e. The van der Waals surface area contributed by atoms with Gasteiger partial charge in [-0.2, -0.15) is 0 Å². The topological polar surface area (TPSA) is 15.3 Å². The van der Waals surface area contributed by atoms with Gasteiger partial charge in [-0.05, 0) is 62.9 Å². The monoisotopic (exact) mass is 238 g/mol. The lowest BCUT2D eigenvalue weighted by molar-refractivity contribution is 0.108. The molecule has 0 amide bonds. The quantitative estimate of drug-likeness (QED) is 0.733. The zero-order valence-electron chi connectivity index (χ0n) is 11.8. The Morgan fingerprint density at radius 1 is 1.29 bits per heavy atom. The minimum Gasteiger partial charge on any atom is -0.316 e. The van der Waals surface area contributed by atoms with Gasteiger partial charge < -0.3 is 10.2 Å². The molecule has 17 heavy (non-hydrogen) atoms. The lowest BCUT2D eigenvalue weighted by Gasteiger charge is -2.41. The van der Waals surface area contributed by atoms with Crippen molar-refractivity contribution in [2.75, 3.05) is 32.7 Å². The molecule has 0 bridgehead atoms. The first-order chi connectivity index (χ1) is 8.28. The molecule has 2 rings (SSSR count). The Bertz CT molecular complexity index is 217. The Hall–Kier alpha value is -0.0800. The molecular weight excluding hydrogens is 208 g/mol. The highest BCUT2D eigenvalue weighted by Crippen LogP contribution is 2.34. The molecule has 2 aliphatic rings. The van der Waals surface area contributed by atoms with Crippen LogP contribution in [0.1, 0.15) is 52.4 Å². The number of rotatable bonds is 7. The third-order valence-corrected chi connectivity index (χ3v) is 4.62. The second kappa shape index (κ2) is 6.19. The second-order valence-electron chi connectivity index (χ2n) is 6.31. The van der Waals surface area contributed by atoms with E-state index in [9.17, 15) is 0 Å². The van der Waals surface area contributed by atoms with Crippen molar-refractivity contribution in [3.05, 3.63) is 0 Å². The molecule has 0 radical (unpaired) electrons. The standard InChI is InChI=1S/C15H30N2/c1-3-10-17(11-14-6-7-14)13-15(4-2)8-5-9-16-12-15/h14,16H,3-13H2,1-2H3. The summed E-state index contributed by atoms with van der Waals surface area (Å²) in [6.07, 6.45) is 8.42. The zero-order valence-corrected chi connectivity index (χ0v) is 11.8. The molecule has 1 aliphatic carbocycles. The van der Waals surface area contributed by atoms with Crippen molar-refractivity contribution in [2.24, 2.45) is 11.3 Å². The molecule has 100 valence electrons. The van der Waals surface area contributed by atoms with E-state index in [1.807, 2.05) is 0 Å². The maximum absolute atomic E-state index is 3.62. The first-order valence-corrected chi connectivity index (χ1v) is 7.71. The third-order valence-electron chi connectivity index (χ3n) is 4.62. The molecule has 0 aromatic carbocycles. The van der Waals surface area contributed by atoms with E-state index in [4.69, 9.17) is 0 Å². The smallest absolute Gasteiger partial charge is 0.00502 e. The van der Waals surface area contributed by atoms with Gasteiger partial charge in [-0.3, -0.25) is 0 Å². The third kappa shape index (κ3) is 3.96. The van der Waals surface area contributed by atoms with E-state index in [0.29, 0.717) is 5.41 Å². The van der Waals surface area contributed by atoms with Crippen molar-refractivity contribution >= 4 is 0 Å². The summed E-state index contributed by atoms with van der Waals surface area (Å²) in [5.41, 5.74) is 0.572. The van der Waals surface area contributed by atoms with E-state index in [0.717, 1.165) is 5.92 Å². The van der Waals surface area contributed by atoms with Gasteiger partial charge in [-0.15, -0.1) is 0 Å². The molecule has 1 atom stereocenters. The largest absolute Gasteiger partial charge is 0.316 e. The van der Waals surface area contributed by atoms with Crippen LogP contribution in [0.2, 0.25) is 0 Å². The number of nitrogens with zero attached hydrogens (tertiary/aromatic N) is 1. The van der Waals surface area contributed by atoms with Crippen LogP contribution in [0.15, 0.2) is 0 Å². The van der Waals surface area contributed by atoms with Crippen LogP contribution in [0.25, 0.3) is 0 Å². The summed E-state index contributed by atoms with van der Waals surface area (Å²) in [7, 11) is 0. The van der Waals surface area contributed by atoms with Gasteiger partial charge in [0.25, 0.3) is 0 Å². The van der Waals surface area contributed by atoms with Crippen LogP contribution in [0.3, 0.4) is 0 Å². The van der Waals surface area contributed by atoms with Gasteiger partial charge in [-0.25, -0.2) is 0 Å². The van der Waals surface area contributed by atoms with E-state index in [-0.39, 0.29) is 0 Å². The molecule has 2 nitrogen and oxygen atoms in total. The number of piperidine rings is 1. The number of hydrogen-bond donors (Lipinski definition) is 1. The summed E-state index contributed by atoms with van der Waals surface area (Å²) in [5, 5.41) is 3.62.